The van der Waals surface area contributed by atoms with Crippen LogP contribution in [0, 0.1) is 0 Å². The predicted octanol–water partition coefficient (Wildman–Crippen LogP) is 4.54. The van der Waals surface area contributed by atoms with Gasteiger partial charge in [-0.3, -0.25) is 0 Å². The van der Waals surface area contributed by atoms with Gasteiger partial charge in [-0.25, -0.2) is 9.97 Å². The first kappa shape index (κ1) is 15.1. The van der Waals surface area contributed by atoms with Crippen LogP contribution in [0.25, 0.3) is 0 Å². The zero-order valence-corrected chi connectivity index (χ0v) is 13.3. The van der Waals surface area contributed by atoms with Gasteiger partial charge in [-0.1, -0.05) is 43.1 Å². The summed E-state index contributed by atoms with van der Waals surface area (Å²) in [6.07, 6.45) is 1.79. The van der Waals surface area contributed by atoms with E-state index in [1.165, 1.54) is 0 Å². The third-order valence-corrected chi connectivity index (χ3v) is 3.58. The molecule has 5 heteroatoms. The molecule has 0 aliphatic heterocycles. The average Bonchev–Trinajstić information content (AvgIpc) is 2.42. The van der Waals surface area contributed by atoms with E-state index < -0.39 is 0 Å². The van der Waals surface area contributed by atoms with Gasteiger partial charge in [-0.2, -0.15) is 0 Å². The first-order chi connectivity index (χ1) is 9.47. The first-order valence-corrected chi connectivity index (χ1v) is 7.21. The fourth-order valence-electron chi connectivity index (χ4n) is 1.84. The van der Waals surface area contributed by atoms with Crippen molar-refractivity contribution in [2.24, 2.45) is 0 Å². The molecule has 0 fully saturated rings. The summed E-state index contributed by atoms with van der Waals surface area (Å²) < 4.78 is 0. The number of hydrogen-bond acceptors (Lipinski definition) is 3. The number of anilines is 1. The fourth-order valence-corrected chi connectivity index (χ4v) is 2.31. The van der Waals surface area contributed by atoms with Crippen LogP contribution in [0.5, 0.6) is 0 Å². The zero-order valence-electron chi connectivity index (χ0n) is 11.8. The summed E-state index contributed by atoms with van der Waals surface area (Å²) in [6.45, 7) is 4.83. The molecule has 0 saturated heterocycles. The number of aromatic nitrogens is 2. The van der Waals surface area contributed by atoms with Crippen molar-refractivity contribution in [3.8, 4) is 0 Å². The molecule has 0 atom stereocenters. The zero-order chi connectivity index (χ0) is 14.7. The quantitative estimate of drug-likeness (QED) is 0.830. The van der Waals surface area contributed by atoms with E-state index in [9.17, 15) is 0 Å². The SMILES string of the molecule is CC(C)c1nccc(N(C)Cc2ccc(Cl)cc2Cl)n1. The van der Waals surface area contributed by atoms with Crippen LogP contribution in [-0.2, 0) is 6.54 Å². The van der Waals surface area contributed by atoms with E-state index in [2.05, 4.69) is 23.8 Å². The van der Waals surface area contributed by atoms with E-state index in [4.69, 9.17) is 23.2 Å². The minimum Gasteiger partial charge on any atom is -0.355 e. The standard InChI is InChI=1S/C15H17Cl2N3/c1-10(2)15-18-7-6-14(19-15)20(3)9-11-4-5-12(16)8-13(11)17/h4-8,10H,9H2,1-3H3. The maximum absolute atomic E-state index is 6.20. The summed E-state index contributed by atoms with van der Waals surface area (Å²) >= 11 is 12.1. The Kier molecular flexibility index (Phi) is 4.84. The van der Waals surface area contributed by atoms with E-state index in [0.29, 0.717) is 22.5 Å². The van der Waals surface area contributed by atoms with Gasteiger partial charge in [0.05, 0.1) is 0 Å². The molecule has 0 unspecified atom stereocenters. The number of halogens is 2. The molecule has 0 aliphatic carbocycles. The summed E-state index contributed by atoms with van der Waals surface area (Å²) in [4.78, 5) is 10.9. The fraction of sp³-hybridized carbons (Fsp3) is 0.333. The minimum absolute atomic E-state index is 0.308. The normalized spacial score (nSPS) is 10.9. The van der Waals surface area contributed by atoms with Crippen molar-refractivity contribution in [3.63, 3.8) is 0 Å². The van der Waals surface area contributed by atoms with Crippen molar-refractivity contribution in [1.29, 1.82) is 0 Å². The highest BCUT2D eigenvalue weighted by molar-refractivity contribution is 6.35. The van der Waals surface area contributed by atoms with Crippen LogP contribution in [0.4, 0.5) is 5.82 Å². The largest absolute Gasteiger partial charge is 0.355 e. The summed E-state index contributed by atoms with van der Waals surface area (Å²) in [5.41, 5.74) is 1.02. The van der Waals surface area contributed by atoms with Gasteiger partial charge in [0.25, 0.3) is 0 Å². The van der Waals surface area contributed by atoms with E-state index >= 15 is 0 Å². The highest BCUT2D eigenvalue weighted by Gasteiger charge is 2.09. The van der Waals surface area contributed by atoms with Gasteiger partial charge < -0.3 is 4.90 Å². The molecule has 2 rings (SSSR count). The lowest BCUT2D eigenvalue weighted by molar-refractivity contribution is 0.762. The molecule has 106 valence electrons. The molecule has 0 N–H and O–H groups in total. The predicted molar refractivity (Wildman–Crippen MR) is 84.7 cm³/mol. The lowest BCUT2D eigenvalue weighted by Gasteiger charge is -2.20. The average molecular weight is 310 g/mol. The Bertz CT molecular complexity index is 599. The Morgan fingerprint density at radius 3 is 2.60 bits per heavy atom. The third-order valence-electron chi connectivity index (χ3n) is 2.99. The van der Waals surface area contributed by atoms with Gasteiger partial charge in [0.1, 0.15) is 11.6 Å². The van der Waals surface area contributed by atoms with Gasteiger partial charge in [0.15, 0.2) is 0 Å². The molecule has 0 amide bonds. The van der Waals surface area contributed by atoms with E-state index in [0.717, 1.165) is 17.2 Å². The summed E-state index contributed by atoms with van der Waals surface area (Å²) in [5.74, 6) is 2.04. The Morgan fingerprint density at radius 1 is 1.20 bits per heavy atom. The lowest BCUT2D eigenvalue weighted by atomic mass is 10.2. The number of nitrogens with zero attached hydrogens (tertiary/aromatic N) is 3. The van der Waals surface area contributed by atoms with E-state index in [1.807, 2.05) is 30.1 Å². The summed E-state index contributed by atoms with van der Waals surface area (Å²) in [6, 6.07) is 7.43. The second kappa shape index (κ2) is 6.42. The Balaban J connectivity index is 2.19. The Hall–Kier alpha value is -1.32. The van der Waals surface area contributed by atoms with E-state index in [1.54, 1.807) is 12.3 Å². The maximum atomic E-state index is 6.20. The molecule has 1 heterocycles. The Labute approximate surface area is 129 Å². The van der Waals surface area contributed by atoms with Crippen LogP contribution in [-0.4, -0.2) is 17.0 Å². The van der Waals surface area contributed by atoms with Crippen molar-refractivity contribution in [2.45, 2.75) is 26.3 Å². The molecule has 3 nitrogen and oxygen atoms in total. The molecular weight excluding hydrogens is 293 g/mol. The molecule has 0 radical (unpaired) electrons. The highest BCUT2D eigenvalue weighted by atomic mass is 35.5. The van der Waals surface area contributed by atoms with Crippen molar-refractivity contribution in [2.75, 3.05) is 11.9 Å². The molecule has 20 heavy (non-hydrogen) atoms. The summed E-state index contributed by atoms with van der Waals surface area (Å²) in [7, 11) is 1.98. The minimum atomic E-state index is 0.308. The maximum Gasteiger partial charge on any atom is 0.133 e. The van der Waals surface area contributed by atoms with Crippen molar-refractivity contribution < 1.29 is 0 Å². The van der Waals surface area contributed by atoms with Gasteiger partial charge in [0, 0.05) is 35.8 Å². The van der Waals surface area contributed by atoms with Crippen molar-refractivity contribution >= 4 is 29.0 Å². The van der Waals surface area contributed by atoms with Gasteiger partial charge in [-0.15, -0.1) is 0 Å². The van der Waals surface area contributed by atoms with Crippen molar-refractivity contribution in [1.82, 2.24) is 9.97 Å². The molecule has 1 aromatic carbocycles. The second-order valence-electron chi connectivity index (χ2n) is 5.02. The molecule has 1 aromatic heterocycles. The monoisotopic (exact) mass is 309 g/mol. The van der Waals surface area contributed by atoms with Gasteiger partial charge in [0.2, 0.25) is 0 Å². The van der Waals surface area contributed by atoms with Crippen LogP contribution in [0.1, 0.15) is 31.2 Å². The highest BCUT2D eigenvalue weighted by Crippen LogP contribution is 2.23. The Morgan fingerprint density at radius 2 is 1.95 bits per heavy atom. The molecule has 0 aliphatic rings. The molecule has 2 aromatic rings. The smallest absolute Gasteiger partial charge is 0.133 e. The first-order valence-electron chi connectivity index (χ1n) is 6.45. The third kappa shape index (κ3) is 3.62. The molecular formula is C15H17Cl2N3. The van der Waals surface area contributed by atoms with Crippen LogP contribution < -0.4 is 4.90 Å². The van der Waals surface area contributed by atoms with Gasteiger partial charge >= 0.3 is 0 Å². The van der Waals surface area contributed by atoms with Crippen LogP contribution >= 0.6 is 23.2 Å². The topological polar surface area (TPSA) is 29.0 Å². The summed E-state index contributed by atoms with van der Waals surface area (Å²) in [5, 5.41) is 1.31. The molecule has 0 bridgehead atoms. The number of rotatable bonds is 4. The number of hydrogen-bond donors (Lipinski definition) is 0. The second-order valence-corrected chi connectivity index (χ2v) is 5.86. The van der Waals surface area contributed by atoms with Gasteiger partial charge in [-0.05, 0) is 23.8 Å². The van der Waals surface area contributed by atoms with Crippen LogP contribution in [0.15, 0.2) is 30.5 Å². The molecule has 0 saturated carbocycles. The van der Waals surface area contributed by atoms with E-state index in [-0.39, 0.29) is 0 Å². The van der Waals surface area contributed by atoms with Crippen molar-refractivity contribution in [3.05, 3.63) is 51.9 Å². The van der Waals surface area contributed by atoms with Crippen LogP contribution in [0.2, 0.25) is 10.0 Å². The lowest BCUT2D eigenvalue weighted by Crippen LogP contribution is -2.19. The number of benzene rings is 1. The van der Waals surface area contributed by atoms with Crippen LogP contribution in [0.3, 0.4) is 0 Å². The molecule has 0 spiro atoms.